The molecule has 0 aliphatic rings. The quantitative estimate of drug-likeness (QED) is 0.479. The van der Waals surface area contributed by atoms with Gasteiger partial charge in [0.1, 0.15) is 11.5 Å². The summed E-state index contributed by atoms with van der Waals surface area (Å²) in [7, 11) is 1.64. The van der Waals surface area contributed by atoms with E-state index in [1.54, 1.807) is 19.3 Å². The van der Waals surface area contributed by atoms with Crippen LogP contribution in [0.1, 0.15) is 27.2 Å². The molecule has 0 spiro atoms. The second kappa shape index (κ2) is 7.80. The Kier molecular flexibility index (Phi) is 7.10. The van der Waals surface area contributed by atoms with Crippen LogP contribution in [0.2, 0.25) is 0 Å². The molecule has 0 rings (SSSR count). The SMILES string of the molecule is C=C/C(=C\C(CC)=C(/C=C)OC)OC(C)C. The number of hydrogen-bond donors (Lipinski definition) is 0. The predicted octanol–water partition coefficient (Wildman–Crippen LogP) is 3.98. The van der Waals surface area contributed by atoms with Gasteiger partial charge in [-0.3, -0.25) is 0 Å². The summed E-state index contributed by atoms with van der Waals surface area (Å²) >= 11 is 0. The highest BCUT2D eigenvalue weighted by Gasteiger charge is 2.03. The predicted molar refractivity (Wildman–Crippen MR) is 69.0 cm³/mol. The molecule has 2 heteroatoms. The highest BCUT2D eigenvalue weighted by molar-refractivity contribution is 5.32. The van der Waals surface area contributed by atoms with Gasteiger partial charge in [-0.05, 0) is 44.1 Å². The molecule has 0 aromatic carbocycles. The first kappa shape index (κ1) is 14.6. The molecule has 0 saturated heterocycles. The summed E-state index contributed by atoms with van der Waals surface area (Å²) in [6.07, 6.45) is 6.33. The number of ether oxygens (including phenoxy) is 2. The molecule has 0 heterocycles. The van der Waals surface area contributed by atoms with E-state index >= 15 is 0 Å². The monoisotopic (exact) mass is 222 g/mol. The smallest absolute Gasteiger partial charge is 0.121 e. The zero-order chi connectivity index (χ0) is 12.6. The third-order valence-electron chi connectivity index (χ3n) is 1.99. The van der Waals surface area contributed by atoms with E-state index in [0.717, 1.165) is 23.5 Å². The highest BCUT2D eigenvalue weighted by Crippen LogP contribution is 2.16. The molecule has 0 atom stereocenters. The zero-order valence-corrected chi connectivity index (χ0v) is 10.7. The van der Waals surface area contributed by atoms with Gasteiger partial charge in [-0.15, -0.1) is 0 Å². The second-order valence-corrected chi connectivity index (χ2v) is 3.57. The lowest BCUT2D eigenvalue weighted by Crippen LogP contribution is -2.01. The van der Waals surface area contributed by atoms with Gasteiger partial charge in [0.25, 0.3) is 0 Å². The van der Waals surface area contributed by atoms with Gasteiger partial charge in [-0.1, -0.05) is 20.1 Å². The van der Waals surface area contributed by atoms with Gasteiger partial charge in [-0.2, -0.15) is 0 Å². The van der Waals surface area contributed by atoms with Crippen molar-refractivity contribution in [3.8, 4) is 0 Å². The van der Waals surface area contributed by atoms with Crippen molar-refractivity contribution in [1.82, 2.24) is 0 Å². The molecule has 16 heavy (non-hydrogen) atoms. The van der Waals surface area contributed by atoms with E-state index in [4.69, 9.17) is 9.47 Å². The Morgan fingerprint density at radius 2 is 1.88 bits per heavy atom. The molecular weight excluding hydrogens is 200 g/mol. The minimum absolute atomic E-state index is 0.136. The Balaban J connectivity index is 5.10. The van der Waals surface area contributed by atoms with Gasteiger partial charge in [0.15, 0.2) is 0 Å². The number of methoxy groups -OCH3 is 1. The number of rotatable bonds is 7. The number of allylic oxidation sites excluding steroid dienone is 4. The fourth-order valence-electron chi connectivity index (χ4n) is 1.28. The molecule has 0 fully saturated rings. The third-order valence-corrected chi connectivity index (χ3v) is 1.99. The molecule has 0 aliphatic carbocycles. The average molecular weight is 222 g/mol. The van der Waals surface area contributed by atoms with Crippen molar-refractivity contribution < 1.29 is 9.47 Å². The Bertz CT molecular complexity index is 296. The van der Waals surface area contributed by atoms with Gasteiger partial charge in [0, 0.05) is 0 Å². The maximum atomic E-state index is 5.59. The van der Waals surface area contributed by atoms with E-state index in [1.807, 2.05) is 19.9 Å². The van der Waals surface area contributed by atoms with Crippen LogP contribution in [0.5, 0.6) is 0 Å². The Labute approximate surface area is 99.0 Å². The molecule has 90 valence electrons. The second-order valence-electron chi connectivity index (χ2n) is 3.57. The molecule has 0 saturated carbocycles. The van der Waals surface area contributed by atoms with Gasteiger partial charge < -0.3 is 9.47 Å². The molecule has 0 aromatic heterocycles. The van der Waals surface area contributed by atoms with E-state index in [2.05, 4.69) is 20.1 Å². The molecule has 0 aromatic rings. The van der Waals surface area contributed by atoms with Crippen LogP contribution < -0.4 is 0 Å². The van der Waals surface area contributed by atoms with Crippen LogP contribution in [-0.2, 0) is 9.47 Å². The molecule has 0 unspecified atom stereocenters. The average Bonchev–Trinajstić information content (AvgIpc) is 2.27. The fourth-order valence-corrected chi connectivity index (χ4v) is 1.28. The molecule has 0 radical (unpaired) electrons. The van der Waals surface area contributed by atoms with Crippen molar-refractivity contribution in [2.45, 2.75) is 33.3 Å². The first-order valence-electron chi connectivity index (χ1n) is 5.49. The van der Waals surface area contributed by atoms with Gasteiger partial charge in [0.2, 0.25) is 0 Å². The zero-order valence-electron chi connectivity index (χ0n) is 10.7. The highest BCUT2D eigenvalue weighted by atomic mass is 16.5. The van der Waals surface area contributed by atoms with Crippen molar-refractivity contribution in [1.29, 1.82) is 0 Å². The van der Waals surface area contributed by atoms with Gasteiger partial charge in [0.05, 0.1) is 13.2 Å². The summed E-state index contributed by atoms with van der Waals surface area (Å²) in [6.45, 7) is 13.5. The van der Waals surface area contributed by atoms with Crippen molar-refractivity contribution in [2.75, 3.05) is 7.11 Å². The normalized spacial score (nSPS) is 13.2. The topological polar surface area (TPSA) is 18.5 Å². The first-order valence-corrected chi connectivity index (χ1v) is 5.49. The summed E-state index contributed by atoms with van der Waals surface area (Å²) in [5, 5.41) is 0. The lowest BCUT2D eigenvalue weighted by molar-refractivity contribution is 0.157. The van der Waals surface area contributed by atoms with Gasteiger partial charge in [-0.25, -0.2) is 0 Å². The van der Waals surface area contributed by atoms with E-state index < -0.39 is 0 Å². The fraction of sp³-hybridized carbons (Fsp3) is 0.429. The minimum atomic E-state index is 0.136. The Morgan fingerprint density at radius 1 is 1.25 bits per heavy atom. The van der Waals surface area contributed by atoms with Crippen LogP contribution in [-0.4, -0.2) is 13.2 Å². The third kappa shape index (κ3) is 4.87. The van der Waals surface area contributed by atoms with Crippen molar-refractivity contribution in [3.63, 3.8) is 0 Å². The van der Waals surface area contributed by atoms with Crippen LogP contribution >= 0.6 is 0 Å². The molecule has 0 N–H and O–H groups in total. The van der Waals surface area contributed by atoms with Crippen LogP contribution in [0.3, 0.4) is 0 Å². The van der Waals surface area contributed by atoms with E-state index in [-0.39, 0.29) is 6.10 Å². The molecule has 2 nitrogen and oxygen atoms in total. The van der Waals surface area contributed by atoms with E-state index in [0.29, 0.717) is 0 Å². The Morgan fingerprint density at radius 3 is 2.19 bits per heavy atom. The van der Waals surface area contributed by atoms with Gasteiger partial charge >= 0.3 is 0 Å². The maximum absolute atomic E-state index is 5.59. The summed E-state index contributed by atoms with van der Waals surface area (Å²) in [5.41, 5.74) is 1.05. The van der Waals surface area contributed by atoms with Crippen molar-refractivity contribution >= 4 is 0 Å². The molecule has 0 bridgehead atoms. The summed E-state index contributed by atoms with van der Waals surface area (Å²) in [6, 6.07) is 0. The number of hydrogen-bond acceptors (Lipinski definition) is 2. The van der Waals surface area contributed by atoms with E-state index in [1.165, 1.54) is 0 Å². The lowest BCUT2D eigenvalue weighted by atomic mass is 10.1. The van der Waals surface area contributed by atoms with Crippen LogP contribution in [0.25, 0.3) is 0 Å². The first-order chi connectivity index (χ1) is 7.58. The summed E-state index contributed by atoms with van der Waals surface area (Å²) < 4.78 is 10.8. The van der Waals surface area contributed by atoms with Crippen LogP contribution in [0.4, 0.5) is 0 Å². The largest absolute Gasteiger partial charge is 0.496 e. The van der Waals surface area contributed by atoms with Crippen LogP contribution in [0, 0.1) is 0 Å². The minimum Gasteiger partial charge on any atom is -0.496 e. The van der Waals surface area contributed by atoms with E-state index in [9.17, 15) is 0 Å². The van der Waals surface area contributed by atoms with Crippen molar-refractivity contribution in [2.24, 2.45) is 0 Å². The summed E-state index contributed by atoms with van der Waals surface area (Å²) in [5.74, 6) is 1.53. The van der Waals surface area contributed by atoms with Crippen LogP contribution in [0.15, 0.2) is 48.5 Å². The maximum Gasteiger partial charge on any atom is 0.121 e. The Hall–Kier alpha value is -1.44. The standard InChI is InChI=1S/C14H22O2/c1-7-12(14(9-3)15-6)10-13(8-2)16-11(4)5/h8-11H,2-3,7H2,1,4-6H3/b13-10+,14-12+. The molecule has 0 aliphatic heterocycles. The molecule has 0 amide bonds. The lowest BCUT2D eigenvalue weighted by Gasteiger charge is -2.12. The van der Waals surface area contributed by atoms with Crippen molar-refractivity contribution in [3.05, 3.63) is 48.5 Å². The molecular formula is C14H22O2. The summed E-state index contributed by atoms with van der Waals surface area (Å²) in [4.78, 5) is 0.